The van der Waals surface area contributed by atoms with Gasteiger partial charge in [-0.25, -0.2) is 0 Å². The summed E-state index contributed by atoms with van der Waals surface area (Å²) >= 11 is 0. The summed E-state index contributed by atoms with van der Waals surface area (Å²) in [6, 6.07) is 0. The Hall–Kier alpha value is 0.0200. The average molecular weight is 305 g/mol. The van der Waals surface area contributed by atoms with E-state index in [0.717, 1.165) is 0 Å². The first-order chi connectivity index (χ1) is 8.38. The second-order valence-electron chi connectivity index (χ2n) is 3.81. The van der Waals surface area contributed by atoms with Crippen LogP contribution in [0.5, 0.6) is 0 Å². The zero-order valence-corrected chi connectivity index (χ0v) is 11.9. The fourth-order valence-corrected chi connectivity index (χ4v) is 2.56. The van der Waals surface area contributed by atoms with E-state index in [2.05, 4.69) is 5.18 Å². The van der Waals surface area contributed by atoms with Crippen LogP contribution in [0.1, 0.15) is 6.42 Å². The summed E-state index contributed by atoms with van der Waals surface area (Å²) in [5.74, 6) is 0. The second-order valence-corrected chi connectivity index (χ2v) is 7.07. The molecule has 4 unspecified atom stereocenters. The van der Waals surface area contributed by atoms with Crippen LogP contribution in [-0.2, 0) is 22.9 Å². The van der Waals surface area contributed by atoms with Crippen LogP contribution in [0.2, 0.25) is 0 Å². The zero-order chi connectivity index (χ0) is 13.8. The Morgan fingerprint density at radius 2 is 2.28 bits per heavy atom. The van der Waals surface area contributed by atoms with E-state index < -0.39 is 34.6 Å². The molecule has 1 aliphatic heterocycles. The third-order valence-electron chi connectivity index (χ3n) is 2.44. The van der Waals surface area contributed by atoms with E-state index in [1.54, 1.807) is 0 Å². The van der Waals surface area contributed by atoms with E-state index >= 15 is 0 Å². The Morgan fingerprint density at radius 3 is 2.78 bits per heavy atom. The summed E-state index contributed by atoms with van der Waals surface area (Å²) in [7, 11) is -5.07. The van der Waals surface area contributed by atoms with E-state index in [4.69, 9.17) is 23.2 Å². The van der Waals surface area contributed by atoms with Crippen LogP contribution in [0.15, 0.2) is 5.18 Å². The molecule has 1 rings (SSSR count). The van der Waals surface area contributed by atoms with Gasteiger partial charge in [0.1, 0.15) is 0 Å². The van der Waals surface area contributed by atoms with E-state index in [1.807, 2.05) is 0 Å². The molecule has 0 aliphatic carbocycles. The summed E-state index contributed by atoms with van der Waals surface area (Å²) in [6.45, 7) is 1.29. The maximum absolute atomic E-state index is 10.6. The molecule has 0 aromatic carbocycles. The Kier molecular flexibility index (Phi) is 6.23. The molecular formula is C7H17NO8P2. The molecule has 0 bridgehead atoms. The molecule has 11 heteroatoms. The SMILES string of the molecule is CO[PH](C)(O)OCC1OC(N=O)CC1O[PH](=O)O. The van der Waals surface area contributed by atoms with Gasteiger partial charge in [-0.1, -0.05) is 0 Å². The first kappa shape index (κ1) is 16.1. The minimum absolute atomic E-state index is 0.0746. The van der Waals surface area contributed by atoms with Crippen molar-refractivity contribution in [2.24, 2.45) is 5.18 Å². The van der Waals surface area contributed by atoms with Crippen LogP contribution in [0.3, 0.4) is 0 Å². The molecule has 18 heavy (non-hydrogen) atoms. The van der Waals surface area contributed by atoms with Crippen molar-refractivity contribution in [1.29, 1.82) is 0 Å². The number of ether oxygens (including phenoxy) is 1. The molecule has 1 aliphatic rings. The van der Waals surface area contributed by atoms with Crippen LogP contribution in [0, 0.1) is 4.91 Å². The molecule has 0 spiro atoms. The Morgan fingerprint density at radius 1 is 1.61 bits per heavy atom. The van der Waals surface area contributed by atoms with E-state index in [-0.39, 0.29) is 13.0 Å². The first-order valence-corrected chi connectivity index (χ1v) is 8.69. The number of hydrogen-bond acceptors (Lipinski definition) is 8. The van der Waals surface area contributed by atoms with Crippen molar-refractivity contribution in [1.82, 2.24) is 0 Å². The Bertz CT molecular complexity index is 314. The van der Waals surface area contributed by atoms with Gasteiger partial charge in [-0.3, -0.25) is 0 Å². The Balaban J connectivity index is 2.55. The molecule has 0 amide bonds. The molecule has 0 radical (unpaired) electrons. The van der Waals surface area contributed by atoms with Crippen LogP contribution in [0.4, 0.5) is 0 Å². The van der Waals surface area contributed by atoms with Crippen molar-refractivity contribution in [2.45, 2.75) is 24.9 Å². The summed E-state index contributed by atoms with van der Waals surface area (Å²) < 4.78 is 30.4. The topological polar surface area (TPSA) is 124 Å². The summed E-state index contributed by atoms with van der Waals surface area (Å²) in [6.07, 6.45) is -2.39. The quantitative estimate of drug-likeness (QED) is 0.512. The third kappa shape index (κ3) is 4.95. The van der Waals surface area contributed by atoms with Crippen molar-refractivity contribution in [3.05, 3.63) is 4.91 Å². The number of nitrogens with zero attached hydrogens (tertiary/aromatic N) is 1. The van der Waals surface area contributed by atoms with E-state index in [9.17, 15) is 14.4 Å². The minimum atomic E-state index is -3.22. The third-order valence-corrected chi connectivity index (χ3v) is 4.41. The van der Waals surface area contributed by atoms with Crippen LogP contribution >= 0.6 is 16.2 Å². The van der Waals surface area contributed by atoms with Crippen LogP contribution < -0.4 is 0 Å². The van der Waals surface area contributed by atoms with Gasteiger partial charge >= 0.3 is 104 Å². The molecule has 1 saturated heterocycles. The molecule has 0 aromatic rings. The molecule has 4 atom stereocenters. The average Bonchev–Trinajstić information content (AvgIpc) is 2.68. The predicted molar refractivity (Wildman–Crippen MR) is 64.6 cm³/mol. The molecule has 1 heterocycles. The summed E-state index contributed by atoms with van der Waals surface area (Å²) in [5.41, 5.74) is 0. The fourth-order valence-electron chi connectivity index (χ4n) is 1.46. The second kappa shape index (κ2) is 6.98. The molecule has 0 saturated carbocycles. The van der Waals surface area contributed by atoms with Gasteiger partial charge < -0.3 is 0 Å². The van der Waals surface area contributed by atoms with E-state index in [0.29, 0.717) is 0 Å². The number of hydrogen-bond donors (Lipinski definition) is 2. The van der Waals surface area contributed by atoms with Gasteiger partial charge in [-0.2, -0.15) is 0 Å². The van der Waals surface area contributed by atoms with Crippen LogP contribution in [-0.4, -0.2) is 48.6 Å². The van der Waals surface area contributed by atoms with Gasteiger partial charge in [-0.05, 0) is 0 Å². The van der Waals surface area contributed by atoms with Gasteiger partial charge in [0, 0.05) is 0 Å². The van der Waals surface area contributed by atoms with Crippen LogP contribution in [0.25, 0.3) is 0 Å². The predicted octanol–water partition coefficient (Wildman–Crippen LogP) is 0.415. The first-order valence-electron chi connectivity index (χ1n) is 5.17. The molecule has 9 nitrogen and oxygen atoms in total. The number of rotatable bonds is 7. The van der Waals surface area contributed by atoms with Crippen molar-refractivity contribution in [3.63, 3.8) is 0 Å². The molecule has 2 N–H and O–H groups in total. The van der Waals surface area contributed by atoms with Crippen molar-refractivity contribution in [3.8, 4) is 0 Å². The van der Waals surface area contributed by atoms with Crippen molar-refractivity contribution in [2.75, 3.05) is 20.4 Å². The van der Waals surface area contributed by atoms with Gasteiger partial charge in [-0.15, -0.1) is 0 Å². The Labute approximate surface area is 105 Å². The summed E-state index contributed by atoms with van der Waals surface area (Å²) in [5, 5.41) is 2.70. The fraction of sp³-hybridized carbons (Fsp3) is 1.00. The zero-order valence-electron chi connectivity index (χ0n) is 9.94. The van der Waals surface area contributed by atoms with Crippen molar-refractivity contribution < 1.29 is 32.7 Å². The van der Waals surface area contributed by atoms with E-state index in [1.165, 1.54) is 13.8 Å². The van der Waals surface area contributed by atoms with Crippen molar-refractivity contribution >= 4 is 16.2 Å². The maximum atomic E-state index is 10.6. The summed E-state index contributed by atoms with van der Waals surface area (Å²) in [4.78, 5) is 28.7. The number of nitroso groups, excluding NO2 is 1. The normalized spacial score (nSPS) is 31.2. The molecule has 0 aromatic heterocycles. The van der Waals surface area contributed by atoms with Gasteiger partial charge in [0.05, 0.1) is 0 Å². The van der Waals surface area contributed by atoms with Gasteiger partial charge in [0.15, 0.2) is 0 Å². The monoisotopic (exact) mass is 305 g/mol. The molecule has 1 fully saturated rings. The van der Waals surface area contributed by atoms with Gasteiger partial charge in [0.2, 0.25) is 0 Å². The molecular weight excluding hydrogens is 288 g/mol. The molecule has 108 valence electrons. The van der Waals surface area contributed by atoms with Gasteiger partial charge in [0.25, 0.3) is 0 Å². The standard InChI is InChI=1S/C7H17NO8P2/c1-13-18(2,12)14-4-6-5(16-17(10)11)3-7(8-9)15-6/h5-7,12,17-18H,3-4H2,1-2H3,(H,10,11).